The van der Waals surface area contributed by atoms with Crippen molar-refractivity contribution in [2.45, 2.75) is 39.3 Å². The molecule has 0 amide bonds. The number of carboxylic acid groups (broad SMARTS) is 1. The first-order chi connectivity index (χ1) is 7.22. The Morgan fingerprint density at radius 2 is 2.12 bits per heavy atom. The summed E-state index contributed by atoms with van der Waals surface area (Å²) in [7, 11) is 0. The number of carbonyl (C=O) groups is 1. The SMILES string of the molecule is C[C@@H](C(=O)O)n1c(OC(C)(C)C)n[nH]c1=O. The van der Waals surface area contributed by atoms with Crippen LogP contribution in [0.1, 0.15) is 33.7 Å². The molecular formula is C9H15N3O4. The molecule has 0 spiro atoms. The number of aliphatic carboxylic acids is 1. The molecule has 0 saturated heterocycles. The van der Waals surface area contributed by atoms with E-state index in [2.05, 4.69) is 10.2 Å². The third-order valence-electron chi connectivity index (χ3n) is 1.81. The van der Waals surface area contributed by atoms with Gasteiger partial charge in [-0.05, 0) is 27.7 Å². The third kappa shape index (κ3) is 2.62. The molecule has 7 nitrogen and oxygen atoms in total. The van der Waals surface area contributed by atoms with E-state index in [4.69, 9.17) is 9.84 Å². The molecule has 2 N–H and O–H groups in total. The summed E-state index contributed by atoms with van der Waals surface area (Å²) in [5.74, 6) is -1.12. The van der Waals surface area contributed by atoms with Crippen molar-refractivity contribution >= 4 is 5.97 Å². The van der Waals surface area contributed by atoms with E-state index in [0.717, 1.165) is 4.57 Å². The van der Waals surface area contributed by atoms with Crippen LogP contribution < -0.4 is 10.4 Å². The summed E-state index contributed by atoms with van der Waals surface area (Å²) in [6, 6.07) is -1.05. The number of rotatable bonds is 3. The minimum Gasteiger partial charge on any atom is -0.480 e. The molecule has 1 heterocycles. The monoisotopic (exact) mass is 229 g/mol. The van der Waals surface area contributed by atoms with E-state index in [1.54, 1.807) is 20.8 Å². The molecular weight excluding hydrogens is 214 g/mol. The molecule has 1 aromatic rings. The smallest absolute Gasteiger partial charge is 0.346 e. The van der Waals surface area contributed by atoms with Crippen molar-refractivity contribution in [2.75, 3.05) is 0 Å². The molecule has 1 atom stereocenters. The number of hydrogen-bond acceptors (Lipinski definition) is 4. The Morgan fingerprint density at radius 3 is 2.56 bits per heavy atom. The third-order valence-corrected chi connectivity index (χ3v) is 1.81. The topological polar surface area (TPSA) is 97.2 Å². The Kier molecular flexibility index (Phi) is 3.06. The molecule has 16 heavy (non-hydrogen) atoms. The number of nitrogens with zero attached hydrogens (tertiary/aromatic N) is 2. The number of nitrogens with one attached hydrogen (secondary N) is 1. The average molecular weight is 229 g/mol. The van der Waals surface area contributed by atoms with Gasteiger partial charge in [0.1, 0.15) is 11.6 Å². The fourth-order valence-electron chi connectivity index (χ4n) is 1.09. The lowest BCUT2D eigenvalue weighted by Crippen LogP contribution is -2.30. The van der Waals surface area contributed by atoms with Gasteiger partial charge in [-0.2, -0.15) is 0 Å². The predicted octanol–water partition coefficient (Wildman–Crippen LogP) is 0.394. The highest BCUT2D eigenvalue weighted by molar-refractivity contribution is 5.71. The Bertz CT molecular complexity index is 440. The summed E-state index contributed by atoms with van der Waals surface area (Å²) in [5.41, 5.74) is -1.16. The van der Waals surface area contributed by atoms with Gasteiger partial charge in [-0.15, -0.1) is 5.10 Å². The van der Waals surface area contributed by atoms with Crippen LogP contribution in [0.4, 0.5) is 0 Å². The molecule has 0 aromatic carbocycles. The van der Waals surface area contributed by atoms with Gasteiger partial charge in [-0.3, -0.25) is 0 Å². The van der Waals surface area contributed by atoms with Crippen molar-refractivity contribution in [3.05, 3.63) is 10.5 Å². The molecule has 7 heteroatoms. The largest absolute Gasteiger partial charge is 0.480 e. The number of aromatic amines is 1. The predicted molar refractivity (Wildman–Crippen MR) is 55.6 cm³/mol. The van der Waals surface area contributed by atoms with E-state index >= 15 is 0 Å². The van der Waals surface area contributed by atoms with Crippen molar-refractivity contribution in [1.82, 2.24) is 14.8 Å². The van der Waals surface area contributed by atoms with Crippen molar-refractivity contribution in [2.24, 2.45) is 0 Å². The normalized spacial score (nSPS) is 13.5. The maximum Gasteiger partial charge on any atom is 0.346 e. The molecule has 0 saturated carbocycles. The Hall–Kier alpha value is -1.79. The molecule has 0 fully saturated rings. The van der Waals surface area contributed by atoms with Crippen LogP contribution >= 0.6 is 0 Å². The minimum absolute atomic E-state index is 0.0209. The van der Waals surface area contributed by atoms with Gasteiger partial charge in [0.05, 0.1) is 0 Å². The zero-order valence-electron chi connectivity index (χ0n) is 9.64. The molecule has 0 aliphatic heterocycles. The summed E-state index contributed by atoms with van der Waals surface area (Å²) in [5, 5.41) is 14.7. The fraction of sp³-hybridized carbons (Fsp3) is 0.667. The first-order valence-electron chi connectivity index (χ1n) is 4.81. The van der Waals surface area contributed by atoms with Crippen LogP contribution in [0.15, 0.2) is 4.79 Å². The van der Waals surface area contributed by atoms with Crippen LogP contribution in [0, 0.1) is 0 Å². The maximum absolute atomic E-state index is 11.4. The second kappa shape index (κ2) is 3.99. The first-order valence-corrected chi connectivity index (χ1v) is 4.81. The lowest BCUT2D eigenvalue weighted by molar-refractivity contribution is -0.140. The first kappa shape index (κ1) is 12.3. The van der Waals surface area contributed by atoms with Gasteiger partial charge < -0.3 is 9.84 Å². The summed E-state index contributed by atoms with van der Waals surface area (Å²) >= 11 is 0. The summed E-state index contributed by atoms with van der Waals surface area (Å²) in [6.45, 7) is 6.72. The van der Waals surface area contributed by atoms with E-state index in [-0.39, 0.29) is 6.01 Å². The second-order valence-corrected chi connectivity index (χ2v) is 4.41. The molecule has 0 bridgehead atoms. The number of aromatic nitrogens is 3. The van der Waals surface area contributed by atoms with Crippen LogP contribution in [0.3, 0.4) is 0 Å². The number of hydrogen-bond donors (Lipinski definition) is 2. The number of carboxylic acids is 1. The number of ether oxygens (including phenoxy) is 1. The highest BCUT2D eigenvalue weighted by atomic mass is 16.5. The van der Waals surface area contributed by atoms with Crippen LogP contribution in [-0.4, -0.2) is 31.4 Å². The van der Waals surface area contributed by atoms with Crippen LogP contribution in [0.25, 0.3) is 0 Å². The fourth-order valence-corrected chi connectivity index (χ4v) is 1.09. The van der Waals surface area contributed by atoms with Crippen molar-refractivity contribution in [1.29, 1.82) is 0 Å². The highest BCUT2D eigenvalue weighted by Crippen LogP contribution is 2.17. The molecule has 0 unspecified atom stereocenters. The molecule has 1 rings (SSSR count). The zero-order chi connectivity index (χ0) is 12.5. The summed E-state index contributed by atoms with van der Waals surface area (Å²) < 4.78 is 6.35. The summed E-state index contributed by atoms with van der Waals surface area (Å²) in [4.78, 5) is 22.2. The van der Waals surface area contributed by atoms with Gasteiger partial charge in [-0.25, -0.2) is 19.3 Å². The summed E-state index contributed by atoms with van der Waals surface area (Å²) in [6.07, 6.45) is 0. The van der Waals surface area contributed by atoms with E-state index in [0.29, 0.717) is 0 Å². The van der Waals surface area contributed by atoms with Crippen molar-refractivity contribution < 1.29 is 14.6 Å². The maximum atomic E-state index is 11.4. The molecule has 0 aliphatic carbocycles. The van der Waals surface area contributed by atoms with Gasteiger partial charge in [0.2, 0.25) is 0 Å². The number of H-pyrrole nitrogens is 1. The highest BCUT2D eigenvalue weighted by Gasteiger charge is 2.24. The van der Waals surface area contributed by atoms with Gasteiger partial charge in [-0.1, -0.05) is 0 Å². The van der Waals surface area contributed by atoms with Crippen molar-refractivity contribution in [3.63, 3.8) is 0 Å². The van der Waals surface area contributed by atoms with Crippen molar-refractivity contribution in [3.8, 4) is 6.01 Å². The van der Waals surface area contributed by atoms with E-state index in [9.17, 15) is 9.59 Å². The second-order valence-electron chi connectivity index (χ2n) is 4.41. The molecule has 1 aromatic heterocycles. The quantitative estimate of drug-likeness (QED) is 0.781. The Morgan fingerprint density at radius 1 is 1.56 bits per heavy atom. The lowest BCUT2D eigenvalue weighted by atomic mass is 10.2. The average Bonchev–Trinajstić information content (AvgIpc) is 2.43. The Labute approximate surface area is 92.0 Å². The molecule has 0 radical (unpaired) electrons. The van der Waals surface area contributed by atoms with Gasteiger partial charge in [0, 0.05) is 0 Å². The Balaban J connectivity index is 3.13. The standard InChI is InChI=1S/C9H15N3O4/c1-5(6(13)14)12-7(15)10-11-8(12)16-9(2,3)4/h5H,1-4H3,(H,10,15)(H,13,14)/t5-/m0/s1. The van der Waals surface area contributed by atoms with E-state index in [1.165, 1.54) is 6.92 Å². The van der Waals surface area contributed by atoms with Gasteiger partial charge >= 0.3 is 17.7 Å². The van der Waals surface area contributed by atoms with E-state index < -0.39 is 23.3 Å². The van der Waals surface area contributed by atoms with E-state index in [1.807, 2.05) is 0 Å². The molecule has 90 valence electrons. The van der Waals surface area contributed by atoms with Crippen LogP contribution in [0.5, 0.6) is 6.01 Å². The van der Waals surface area contributed by atoms with Crippen LogP contribution in [-0.2, 0) is 4.79 Å². The van der Waals surface area contributed by atoms with Gasteiger partial charge in [0.25, 0.3) is 0 Å². The van der Waals surface area contributed by atoms with Gasteiger partial charge in [0.15, 0.2) is 0 Å². The van der Waals surface area contributed by atoms with Crippen LogP contribution in [0.2, 0.25) is 0 Å². The lowest BCUT2D eigenvalue weighted by Gasteiger charge is -2.20. The molecule has 0 aliphatic rings. The zero-order valence-corrected chi connectivity index (χ0v) is 9.64. The minimum atomic E-state index is -1.12.